The number of rotatable bonds is 12. The molecule has 2 fully saturated rings. The number of carbonyl (C=O) groups is 4. The quantitative estimate of drug-likeness (QED) is 0.0588. The molecule has 4 atom stereocenters. The number of amides is 4. The van der Waals surface area contributed by atoms with Crippen LogP contribution in [0.25, 0.3) is 32.7 Å². The molecule has 0 bridgehead atoms. The lowest BCUT2D eigenvalue weighted by Crippen LogP contribution is -2.46. The number of aromatic nitrogens is 6. The van der Waals surface area contributed by atoms with Crippen molar-refractivity contribution in [2.75, 3.05) is 11.9 Å². The van der Waals surface area contributed by atoms with E-state index in [1.807, 2.05) is 48.5 Å². The SMILES string of the molecule is Brc1ccc2[nH]ncc2c1.CC(F)(F)C(=O)N[C@H]1CC(=O)N(c2ccc3c(cnn3Cc3ccccc3F)c2)C1c1ccc(F)cc1.CC(F)(F)C(=O)N[C@H]1CC(=O)NC1c1ccc(F)cc1.CN.Fc1ccccc1CBr.Fc1ccccc1Cn1ncc2cc(Br)ccc21. The summed E-state index contributed by atoms with van der Waals surface area (Å²) in [6.45, 7) is 1.61. The fraction of sp³-hybridized carbons (Fsp3) is 0.203. The Hall–Kier alpha value is -9.18. The molecule has 27 heteroatoms. The molecule has 4 amide bonds. The first-order valence-electron chi connectivity index (χ1n) is 29.3. The lowest BCUT2D eigenvalue weighted by atomic mass is 9.99. The van der Waals surface area contributed by atoms with Gasteiger partial charge in [0.2, 0.25) is 11.8 Å². The van der Waals surface area contributed by atoms with Crippen LogP contribution in [0.1, 0.15) is 66.6 Å². The van der Waals surface area contributed by atoms with Crippen molar-refractivity contribution in [3.05, 3.63) is 260 Å². The highest BCUT2D eigenvalue weighted by Crippen LogP contribution is 2.39. The van der Waals surface area contributed by atoms with Gasteiger partial charge in [0.25, 0.3) is 11.8 Å². The van der Waals surface area contributed by atoms with Crippen molar-refractivity contribution in [1.82, 2.24) is 45.7 Å². The Morgan fingerprint density at radius 3 is 1.52 bits per heavy atom. The number of alkyl halides is 5. The van der Waals surface area contributed by atoms with Crippen molar-refractivity contribution < 1.29 is 58.7 Å². The Morgan fingerprint density at radius 2 is 1.02 bits per heavy atom. The number of aromatic amines is 1. The van der Waals surface area contributed by atoms with E-state index in [2.05, 4.69) is 89.9 Å². The van der Waals surface area contributed by atoms with Crippen LogP contribution in [0.5, 0.6) is 0 Å². The minimum atomic E-state index is -3.63. The van der Waals surface area contributed by atoms with Crippen molar-refractivity contribution in [1.29, 1.82) is 0 Å². The fourth-order valence-electron chi connectivity index (χ4n) is 10.2. The zero-order valence-electron chi connectivity index (χ0n) is 51.2. The van der Waals surface area contributed by atoms with Crippen LogP contribution < -0.4 is 26.6 Å². The van der Waals surface area contributed by atoms with Crippen LogP contribution in [-0.2, 0) is 37.6 Å². The van der Waals surface area contributed by atoms with Crippen LogP contribution in [0.4, 0.5) is 45.2 Å². The maximum Gasteiger partial charge on any atom is 0.321 e. The van der Waals surface area contributed by atoms with Gasteiger partial charge in [-0.15, -0.1) is 0 Å². The summed E-state index contributed by atoms with van der Waals surface area (Å²) in [4.78, 5) is 49.3. The predicted octanol–water partition coefficient (Wildman–Crippen LogP) is 15.1. The second-order valence-electron chi connectivity index (χ2n) is 21.8. The number of fused-ring (bicyclic) bond motifs is 3. The molecular formula is C69H61Br3F9N11O4. The zero-order chi connectivity index (χ0) is 69.4. The Morgan fingerprint density at radius 1 is 0.562 bits per heavy atom. The number of halogens is 12. The molecule has 96 heavy (non-hydrogen) atoms. The van der Waals surface area contributed by atoms with Gasteiger partial charge in [0.1, 0.15) is 29.1 Å². The van der Waals surface area contributed by atoms with E-state index in [-0.39, 0.29) is 42.7 Å². The highest BCUT2D eigenvalue weighted by atomic mass is 79.9. The minimum absolute atomic E-state index is 0.0934. The third kappa shape index (κ3) is 19.1. The van der Waals surface area contributed by atoms with Crippen LogP contribution in [0, 0.1) is 29.1 Å². The molecule has 5 heterocycles. The monoisotopic (exact) mass is 1520 g/mol. The standard InChI is InChI=1S/C27H22F4N4O2.C14H10BrFN2.C13H13F3N2O2.C7H6BrF.C7H5BrN2.CH5N/c1-27(30,31)26(37)33-22-13-24(36)35(25(22)16-6-8-19(28)9-7-16)20-10-11-23-18(12-20)14-32-34(23)15-17-4-2-3-5-21(17)29;15-12-5-6-14-11(7-12)8-17-18(14)9-10-3-1-2-4-13(10)16;1-13(15,16)12(20)17-9-6-10(19)18-11(9)7-2-4-8(14)5-3-7;8-5-6-3-1-2-4-7(6)9;8-6-1-2-7-5(3-6)4-9-10-7;1-2/h2-12,14,22,25H,13,15H2,1H3,(H,33,37);1-8H,9H2;2-5,9,11H,6H2,1H3,(H,17,20)(H,18,19);1-4H,5H2;1-4H,(H,9,10);2H2,1H3/t22-,25?;;9-,11?;;;/m0.0.../s1. The van der Waals surface area contributed by atoms with Gasteiger partial charge >= 0.3 is 11.8 Å². The molecule has 6 N–H and O–H groups in total. The summed E-state index contributed by atoms with van der Waals surface area (Å²) >= 11 is 9.97. The van der Waals surface area contributed by atoms with Gasteiger partial charge in [-0.25, -0.2) is 22.0 Å². The van der Waals surface area contributed by atoms with Crippen LogP contribution in [0.3, 0.4) is 0 Å². The Balaban J connectivity index is 0.000000168. The molecule has 0 spiro atoms. The molecule has 3 aromatic heterocycles. The van der Waals surface area contributed by atoms with E-state index < -0.39 is 65.4 Å². The first-order chi connectivity index (χ1) is 45.8. The molecule has 0 saturated carbocycles. The number of benzene rings is 8. The van der Waals surface area contributed by atoms with Crippen molar-refractivity contribution in [2.24, 2.45) is 5.73 Å². The molecule has 2 unspecified atom stereocenters. The summed E-state index contributed by atoms with van der Waals surface area (Å²) in [5, 5.41) is 25.9. The molecule has 13 rings (SSSR count). The third-order valence-electron chi connectivity index (χ3n) is 14.9. The summed E-state index contributed by atoms with van der Waals surface area (Å²) < 4.78 is 125. The van der Waals surface area contributed by atoms with E-state index in [0.717, 1.165) is 30.8 Å². The van der Waals surface area contributed by atoms with Crippen molar-refractivity contribution in [2.45, 2.75) is 81.1 Å². The van der Waals surface area contributed by atoms with Gasteiger partial charge in [0, 0.05) is 73.9 Å². The Labute approximate surface area is 570 Å². The van der Waals surface area contributed by atoms with E-state index >= 15 is 0 Å². The number of carbonyl (C=O) groups excluding carboxylic acids is 4. The third-order valence-corrected chi connectivity index (χ3v) is 16.5. The van der Waals surface area contributed by atoms with Crippen LogP contribution in [0.2, 0.25) is 0 Å². The van der Waals surface area contributed by atoms with Gasteiger partial charge in [-0.1, -0.05) is 127 Å². The van der Waals surface area contributed by atoms with E-state index in [0.29, 0.717) is 70.1 Å². The smallest absolute Gasteiger partial charge is 0.321 e. The van der Waals surface area contributed by atoms with Gasteiger partial charge in [-0.3, -0.25) is 33.6 Å². The molecule has 2 saturated heterocycles. The second kappa shape index (κ2) is 33.0. The molecule has 11 aromatic rings. The molecular weight excluding hydrogens is 1460 g/mol. The minimum Gasteiger partial charge on any atom is -0.347 e. The van der Waals surface area contributed by atoms with Crippen LogP contribution in [-0.4, -0.2) is 84.4 Å². The van der Waals surface area contributed by atoms with Gasteiger partial charge in [-0.2, -0.15) is 32.9 Å². The number of hydrogen-bond acceptors (Lipinski definition) is 8. The summed E-state index contributed by atoms with van der Waals surface area (Å²) in [5.74, 6) is -12.5. The Bertz CT molecular complexity index is 4470. The summed E-state index contributed by atoms with van der Waals surface area (Å²) in [5.41, 5.74) is 10.6. The maximum absolute atomic E-state index is 14.1. The number of anilines is 1. The van der Waals surface area contributed by atoms with Crippen LogP contribution in [0.15, 0.2) is 203 Å². The highest BCUT2D eigenvalue weighted by Gasteiger charge is 2.45. The lowest BCUT2D eigenvalue weighted by Gasteiger charge is -2.29. The van der Waals surface area contributed by atoms with Crippen molar-refractivity contribution in [3.63, 3.8) is 0 Å². The molecule has 500 valence electrons. The zero-order valence-corrected chi connectivity index (χ0v) is 56.0. The number of nitrogens with two attached hydrogens (primary N) is 1. The average Bonchev–Trinajstić information content (AvgIpc) is 1.60. The number of nitrogens with one attached hydrogen (secondary N) is 4. The first-order valence-corrected chi connectivity index (χ1v) is 32.0. The normalized spacial score (nSPS) is 15.7. The molecule has 15 nitrogen and oxygen atoms in total. The van der Waals surface area contributed by atoms with E-state index in [9.17, 15) is 58.7 Å². The molecule has 2 aliphatic rings. The lowest BCUT2D eigenvalue weighted by molar-refractivity contribution is -0.144. The van der Waals surface area contributed by atoms with Gasteiger partial charge in [0.15, 0.2) is 0 Å². The van der Waals surface area contributed by atoms with Crippen LogP contribution >= 0.6 is 47.8 Å². The number of nitrogens with zero attached hydrogens (tertiary/aromatic N) is 6. The number of hydrogen-bond donors (Lipinski definition) is 5. The summed E-state index contributed by atoms with van der Waals surface area (Å²) in [6.07, 6.45) is 4.88. The molecule has 2 aliphatic heterocycles. The van der Waals surface area contributed by atoms with Gasteiger partial charge < -0.3 is 26.6 Å². The van der Waals surface area contributed by atoms with E-state index in [4.69, 9.17) is 0 Å². The van der Waals surface area contributed by atoms with Gasteiger partial charge in [-0.05, 0) is 121 Å². The summed E-state index contributed by atoms with van der Waals surface area (Å²) in [6, 6.07) is 44.3. The van der Waals surface area contributed by atoms with E-state index in [1.165, 1.54) is 78.7 Å². The molecule has 0 aliphatic carbocycles. The molecule has 0 radical (unpaired) electrons. The van der Waals surface area contributed by atoms with Crippen molar-refractivity contribution >= 4 is 110 Å². The van der Waals surface area contributed by atoms with E-state index in [1.54, 1.807) is 88.6 Å². The maximum atomic E-state index is 14.1. The number of H-pyrrole nitrogens is 1. The predicted molar refractivity (Wildman–Crippen MR) is 359 cm³/mol. The topological polar surface area (TPSA) is 198 Å². The van der Waals surface area contributed by atoms with Crippen molar-refractivity contribution in [3.8, 4) is 0 Å². The molecule has 8 aromatic carbocycles. The largest absolute Gasteiger partial charge is 0.347 e. The highest BCUT2D eigenvalue weighted by molar-refractivity contribution is 9.10. The fourth-order valence-corrected chi connectivity index (χ4v) is 11.4. The summed E-state index contributed by atoms with van der Waals surface area (Å²) in [7, 11) is 1.50. The van der Waals surface area contributed by atoms with Gasteiger partial charge in [0.05, 0.1) is 72.4 Å². The second-order valence-corrected chi connectivity index (χ2v) is 24.2. The average molecular weight is 1520 g/mol. The first kappa shape index (κ1) is 72.6. The Kier molecular flexibility index (Phi) is 25.0.